The lowest BCUT2D eigenvalue weighted by Gasteiger charge is -2.03. The third-order valence-electron chi connectivity index (χ3n) is 3.91. The smallest absolute Gasteiger partial charge is 0.340 e. The van der Waals surface area contributed by atoms with E-state index in [1.54, 1.807) is 18.2 Å². The highest BCUT2D eigenvalue weighted by molar-refractivity contribution is 7.16. The van der Waals surface area contributed by atoms with Gasteiger partial charge in [-0.2, -0.15) is 0 Å². The van der Waals surface area contributed by atoms with Gasteiger partial charge in [0.2, 0.25) is 0 Å². The fraction of sp³-hybridized carbons (Fsp3) is 0.278. The van der Waals surface area contributed by atoms with E-state index in [9.17, 15) is 9.59 Å². The van der Waals surface area contributed by atoms with Crippen molar-refractivity contribution in [3.63, 3.8) is 0 Å². The minimum absolute atomic E-state index is 0.161. The molecule has 136 valence electrons. The van der Waals surface area contributed by atoms with Crippen LogP contribution in [0.25, 0.3) is 0 Å². The van der Waals surface area contributed by atoms with E-state index in [0.29, 0.717) is 22.7 Å². The van der Waals surface area contributed by atoms with Crippen LogP contribution in [0.4, 0.5) is 5.00 Å². The molecule has 0 saturated carbocycles. The highest BCUT2D eigenvalue weighted by atomic mass is 32.1. The topological polar surface area (TPSA) is 94.6 Å². The van der Waals surface area contributed by atoms with Gasteiger partial charge in [-0.25, -0.2) is 4.79 Å². The van der Waals surface area contributed by atoms with Crippen LogP contribution in [-0.2, 0) is 11.2 Å². The summed E-state index contributed by atoms with van der Waals surface area (Å²) < 4.78 is 15.5. The van der Waals surface area contributed by atoms with E-state index in [0.717, 1.165) is 21.9 Å². The molecule has 3 heterocycles. The molecule has 3 aromatic rings. The van der Waals surface area contributed by atoms with Crippen molar-refractivity contribution in [2.45, 2.75) is 27.2 Å². The Morgan fingerprint density at radius 2 is 2.04 bits per heavy atom. The zero-order valence-corrected chi connectivity index (χ0v) is 15.7. The van der Waals surface area contributed by atoms with E-state index in [1.165, 1.54) is 18.4 Å². The Morgan fingerprint density at radius 1 is 1.27 bits per heavy atom. The maximum Gasteiger partial charge on any atom is 0.340 e. The Morgan fingerprint density at radius 3 is 2.69 bits per heavy atom. The standard InChI is InChI=1S/C18H18N2O5S/c1-9-7-14(18(22)23-4)17(26-9)19-16(21)15-6-5-12(24-15)8-13-10(2)20-25-11(13)3/h5-7H,8H2,1-4H3,(H,19,21). The van der Waals surface area contributed by atoms with Crippen molar-refractivity contribution >= 4 is 28.2 Å². The molecule has 1 N–H and O–H groups in total. The Hall–Kier alpha value is -2.87. The zero-order chi connectivity index (χ0) is 18.8. The number of aryl methyl sites for hydroxylation is 3. The molecule has 0 unspecified atom stereocenters. The Balaban J connectivity index is 1.76. The van der Waals surface area contributed by atoms with Crippen molar-refractivity contribution < 1.29 is 23.3 Å². The number of thiophene rings is 1. The minimum atomic E-state index is -0.497. The van der Waals surface area contributed by atoms with Crippen LogP contribution in [0.2, 0.25) is 0 Å². The predicted molar refractivity (Wildman–Crippen MR) is 95.8 cm³/mol. The van der Waals surface area contributed by atoms with Crippen molar-refractivity contribution in [1.29, 1.82) is 0 Å². The van der Waals surface area contributed by atoms with Crippen LogP contribution in [0.5, 0.6) is 0 Å². The van der Waals surface area contributed by atoms with Gasteiger partial charge in [0.05, 0.1) is 18.4 Å². The fourth-order valence-electron chi connectivity index (χ4n) is 2.56. The maximum absolute atomic E-state index is 12.5. The highest BCUT2D eigenvalue weighted by Gasteiger charge is 2.20. The third-order valence-corrected chi connectivity index (χ3v) is 4.87. The molecule has 0 aliphatic heterocycles. The number of rotatable bonds is 5. The summed E-state index contributed by atoms with van der Waals surface area (Å²) in [5.41, 5.74) is 2.06. The first-order valence-electron chi connectivity index (χ1n) is 7.89. The number of anilines is 1. The lowest BCUT2D eigenvalue weighted by atomic mass is 10.1. The van der Waals surface area contributed by atoms with E-state index < -0.39 is 11.9 Å². The molecule has 1 amide bonds. The highest BCUT2D eigenvalue weighted by Crippen LogP contribution is 2.29. The average molecular weight is 374 g/mol. The summed E-state index contributed by atoms with van der Waals surface area (Å²) in [7, 11) is 1.30. The molecule has 3 aromatic heterocycles. The molecule has 0 aliphatic carbocycles. The normalized spacial score (nSPS) is 10.8. The first-order valence-corrected chi connectivity index (χ1v) is 8.71. The second-order valence-electron chi connectivity index (χ2n) is 5.79. The summed E-state index contributed by atoms with van der Waals surface area (Å²) in [5, 5.41) is 7.05. The van der Waals surface area contributed by atoms with Gasteiger partial charge < -0.3 is 19.0 Å². The van der Waals surface area contributed by atoms with E-state index in [1.807, 2.05) is 20.8 Å². The number of nitrogens with one attached hydrogen (secondary N) is 1. The van der Waals surface area contributed by atoms with E-state index in [-0.39, 0.29) is 5.76 Å². The van der Waals surface area contributed by atoms with Gasteiger partial charge in [-0.05, 0) is 39.0 Å². The van der Waals surface area contributed by atoms with Crippen molar-refractivity contribution in [3.8, 4) is 0 Å². The Kier molecular flexibility index (Phi) is 4.94. The van der Waals surface area contributed by atoms with Gasteiger partial charge in [-0.15, -0.1) is 11.3 Å². The molecular weight excluding hydrogens is 356 g/mol. The molecule has 0 radical (unpaired) electrons. The van der Waals surface area contributed by atoms with E-state index in [4.69, 9.17) is 13.7 Å². The number of hydrogen-bond acceptors (Lipinski definition) is 7. The number of methoxy groups -OCH3 is 1. The molecule has 0 bridgehead atoms. The molecule has 0 spiro atoms. The van der Waals surface area contributed by atoms with Crippen molar-refractivity contribution in [2.24, 2.45) is 0 Å². The van der Waals surface area contributed by atoms with Crippen LogP contribution in [0, 0.1) is 20.8 Å². The SMILES string of the molecule is COC(=O)c1cc(C)sc1NC(=O)c1ccc(Cc2c(C)noc2C)o1. The number of aromatic nitrogens is 1. The number of ether oxygens (including phenoxy) is 1. The predicted octanol–water partition coefficient (Wildman–Crippen LogP) is 3.88. The summed E-state index contributed by atoms with van der Waals surface area (Å²) in [6.45, 7) is 5.54. The molecular formula is C18H18N2O5S. The van der Waals surface area contributed by atoms with Gasteiger partial charge in [-0.1, -0.05) is 5.16 Å². The molecule has 0 saturated heterocycles. The molecule has 0 aromatic carbocycles. The quantitative estimate of drug-likeness (QED) is 0.681. The van der Waals surface area contributed by atoms with Crippen LogP contribution in [0.1, 0.15) is 48.6 Å². The molecule has 0 aliphatic rings. The molecule has 0 atom stereocenters. The summed E-state index contributed by atoms with van der Waals surface area (Å²) in [4.78, 5) is 25.1. The number of esters is 1. The number of amides is 1. The number of nitrogens with zero attached hydrogens (tertiary/aromatic N) is 1. The number of carbonyl (C=O) groups is 2. The van der Waals surface area contributed by atoms with E-state index >= 15 is 0 Å². The largest absolute Gasteiger partial charge is 0.465 e. The first kappa shape index (κ1) is 17.9. The lowest BCUT2D eigenvalue weighted by molar-refractivity contribution is 0.0602. The van der Waals surface area contributed by atoms with Crippen molar-refractivity contribution in [3.05, 3.63) is 57.2 Å². The molecule has 7 nitrogen and oxygen atoms in total. The van der Waals surface area contributed by atoms with E-state index in [2.05, 4.69) is 10.5 Å². The number of furan rings is 1. The van der Waals surface area contributed by atoms with Gasteiger partial charge >= 0.3 is 5.97 Å². The van der Waals surface area contributed by atoms with Gasteiger partial charge in [-0.3, -0.25) is 4.79 Å². The molecule has 8 heteroatoms. The van der Waals surface area contributed by atoms with Crippen LogP contribution < -0.4 is 5.32 Å². The number of hydrogen-bond donors (Lipinski definition) is 1. The third kappa shape index (κ3) is 3.55. The molecule has 3 rings (SSSR count). The van der Waals surface area contributed by atoms with Crippen molar-refractivity contribution in [2.75, 3.05) is 12.4 Å². The summed E-state index contributed by atoms with van der Waals surface area (Å²) in [6.07, 6.45) is 0.486. The van der Waals surface area contributed by atoms with Crippen LogP contribution in [-0.4, -0.2) is 24.1 Å². The van der Waals surface area contributed by atoms with Gasteiger partial charge in [0, 0.05) is 16.9 Å². The van der Waals surface area contributed by atoms with Crippen LogP contribution >= 0.6 is 11.3 Å². The first-order chi connectivity index (χ1) is 12.4. The Labute approximate surface area is 153 Å². The van der Waals surface area contributed by atoms with Crippen LogP contribution in [0.15, 0.2) is 27.1 Å². The van der Waals surface area contributed by atoms with Gasteiger partial charge in [0.1, 0.15) is 16.5 Å². The van der Waals surface area contributed by atoms with Crippen molar-refractivity contribution in [1.82, 2.24) is 5.16 Å². The molecule has 0 fully saturated rings. The zero-order valence-electron chi connectivity index (χ0n) is 14.8. The monoisotopic (exact) mass is 374 g/mol. The maximum atomic E-state index is 12.5. The lowest BCUT2D eigenvalue weighted by Crippen LogP contribution is -2.13. The van der Waals surface area contributed by atoms with Gasteiger partial charge in [0.15, 0.2) is 5.76 Å². The average Bonchev–Trinajstić information content (AvgIpc) is 3.30. The summed E-state index contributed by atoms with van der Waals surface area (Å²) in [5.74, 6) is 0.584. The van der Waals surface area contributed by atoms with Gasteiger partial charge in [0.25, 0.3) is 5.91 Å². The van der Waals surface area contributed by atoms with Crippen LogP contribution in [0.3, 0.4) is 0 Å². The summed E-state index contributed by atoms with van der Waals surface area (Å²) in [6, 6.07) is 5.01. The summed E-state index contributed by atoms with van der Waals surface area (Å²) >= 11 is 1.30. The molecule has 26 heavy (non-hydrogen) atoms. The second kappa shape index (κ2) is 7.17. The second-order valence-corrected chi connectivity index (χ2v) is 7.05. The minimum Gasteiger partial charge on any atom is -0.465 e. The fourth-order valence-corrected chi connectivity index (χ4v) is 3.45. The Bertz CT molecular complexity index is 947. The number of carbonyl (C=O) groups excluding carboxylic acids is 2.